The lowest BCUT2D eigenvalue weighted by Gasteiger charge is -2.21. The number of anilines is 1. The van der Waals surface area contributed by atoms with Crippen LogP contribution in [0.1, 0.15) is 16.1 Å². The molecule has 5 nitrogen and oxygen atoms in total. The van der Waals surface area contributed by atoms with E-state index in [0.29, 0.717) is 6.61 Å². The molecule has 0 spiro atoms. The molecule has 0 saturated heterocycles. The zero-order valence-corrected chi connectivity index (χ0v) is 13.9. The molecule has 1 unspecified atom stereocenters. The fourth-order valence-corrected chi connectivity index (χ4v) is 4.06. The molecule has 0 fully saturated rings. The van der Waals surface area contributed by atoms with Crippen LogP contribution in [0.4, 0.5) is 5.69 Å². The fraction of sp³-hybridized carbons (Fsp3) is 0.188. The lowest BCUT2D eigenvalue weighted by atomic mass is 10.0. The van der Waals surface area contributed by atoms with Crippen molar-refractivity contribution in [2.24, 2.45) is 5.73 Å². The Hall–Kier alpha value is -1.93. The van der Waals surface area contributed by atoms with Crippen LogP contribution in [0.5, 0.6) is 5.75 Å². The number of nitrogens with zero attached hydrogens (tertiary/aromatic N) is 1. The predicted molar refractivity (Wildman–Crippen MR) is 93.8 cm³/mol. The summed E-state index contributed by atoms with van der Waals surface area (Å²) in [7, 11) is 0. The van der Waals surface area contributed by atoms with Crippen LogP contribution in [0.2, 0.25) is 0 Å². The second-order valence-corrected chi connectivity index (χ2v) is 6.98. The van der Waals surface area contributed by atoms with Gasteiger partial charge >= 0.3 is 0 Å². The van der Waals surface area contributed by atoms with E-state index in [1.807, 2.05) is 23.6 Å². The first kappa shape index (κ1) is 14.6. The number of ether oxygens (including phenoxy) is 1. The van der Waals surface area contributed by atoms with E-state index in [2.05, 4.69) is 32.7 Å². The summed E-state index contributed by atoms with van der Waals surface area (Å²) < 4.78 is 5.96. The van der Waals surface area contributed by atoms with Crippen molar-refractivity contribution >= 4 is 28.4 Å². The van der Waals surface area contributed by atoms with Gasteiger partial charge in [0, 0.05) is 23.6 Å². The van der Waals surface area contributed by atoms with Gasteiger partial charge in [0.15, 0.2) is 5.66 Å². The van der Waals surface area contributed by atoms with Crippen molar-refractivity contribution in [2.75, 3.05) is 12.0 Å². The maximum Gasteiger partial charge on any atom is 0.164 e. The van der Waals surface area contributed by atoms with Crippen LogP contribution in [0.15, 0.2) is 46.6 Å². The fourth-order valence-electron chi connectivity index (χ4n) is 2.64. The summed E-state index contributed by atoms with van der Waals surface area (Å²) in [5.41, 5.74) is 15.1. The Balaban J connectivity index is 1.56. The summed E-state index contributed by atoms with van der Waals surface area (Å²) in [5, 5.41) is 6.97. The maximum absolute atomic E-state index is 6.53. The van der Waals surface area contributed by atoms with Crippen molar-refractivity contribution in [3.05, 3.63) is 62.7 Å². The smallest absolute Gasteiger partial charge is 0.164 e. The van der Waals surface area contributed by atoms with Crippen molar-refractivity contribution in [3.8, 4) is 5.75 Å². The summed E-state index contributed by atoms with van der Waals surface area (Å²) in [6.07, 6.45) is 2.65. The van der Waals surface area contributed by atoms with E-state index < -0.39 is 5.66 Å². The monoisotopic (exact) mass is 344 g/mol. The van der Waals surface area contributed by atoms with Crippen LogP contribution in [-0.2, 0) is 12.1 Å². The van der Waals surface area contributed by atoms with Crippen LogP contribution >= 0.6 is 22.7 Å². The van der Waals surface area contributed by atoms with Gasteiger partial charge in [0.25, 0.3) is 0 Å². The van der Waals surface area contributed by atoms with Gasteiger partial charge in [0.05, 0.1) is 12.3 Å². The Labute approximate surface area is 142 Å². The highest BCUT2D eigenvalue weighted by atomic mass is 32.1. The number of para-hydroxylation sites is 1. The summed E-state index contributed by atoms with van der Waals surface area (Å²) in [6.45, 7) is 0.629. The van der Waals surface area contributed by atoms with Crippen LogP contribution in [0, 0.1) is 0 Å². The van der Waals surface area contributed by atoms with Gasteiger partial charge in [-0.25, -0.2) is 10.4 Å². The summed E-state index contributed by atoms with van der Waals surface area (Å²) in [6, 6.07) is 8.03. The van der Waals surface area contributed by atoms with Gasteiger partial charge in [-0.2, -0.15) is 11.3 Å². The third kappa shape index (κ3) is 2.61. The molecule has 7 heteroatoms. The second-order valence-electron chi connectivity index (χ2n) is 5.30. The van der Waals surface area contributed by atoms with Gasteiger partial charge < -0.3 is 15.9 Å². The molecule has 1 aliphatic rings. The molecular weight excluding hydrogens is 328 g/mol. The van der Waals surface area contributed by atoms with Gasteiger partial charge in [-0.05, 0) is 28.5 Å². The number of hydrazine groups is 1. The molecule has 2 aromatic heterocycles. The highest BCUT2D eigenvalue weighted by molar-refractivity contribution is 7.09. The molecule has 1 aliphatic heterocycles. The number of nitrogens with one attached hydrogen (secondary N) is 2. The Morgan fingerprint density at radius 1 is 1.26 bits per heavy atom. The molecule has 0 radical (unpaired) electrons. The van der Waals surface area contributed by atoms with Crippen molar-refractivity contribution in [1.82, 2.24) is 10.4 Å². The van der Waals surface area contributed by atoms with Crippen molar-refractivity contribution in [2.45, 2.75) is 12.1 Å². The number of aromatic nitrogens is 1. The Morgan fingerprint density at radius 2 is 2.22 bits per heavy atom. The maximum atomic E-state index is 6.53. The molecule has 3 heterocycles. The third-order valence-electron chi connectivity index (χ3n) is 3.83. The van der Waals surface area contributed by atoms with E-state index in [4.69, 9.17) is 10.5 Å². The normalized spacial score (nSPS) is 19.3. The lowest BCUT2D eigenvalue weighted by molar-refractivity contribution is 0.323. The van der Waals surface area contributed by atoms with Crippen molar-refractivity contribution in [3.63, 3.8) is 0 Å². The van der Waals surface area contributed by atoms with E-state index >= 15 is 0 Å². The molecule has 3 aromatic rings. The van der Waals surface area contributed by atoms with E-state index in [9.17, 15) is 0 Å². The number of hydrogen-bond acceptors (Lipinski definition) is 7. The molecule has 4 N–H and O–H groups in total. The zero-order valence-electron chi connectivity index (χ0n) is 12.3. The third-order valence-corrected chi connectivity index (χ3v) is 5.47. The van der Waals surface area contributed by atoms with Crippen LogP contribution in [0.25, 0.3) is 0 Å². The molecule has 1 atom stereocenters. The molecule has 0 saturated carbocycles. The first-order chi connectivity index (χ1) is 11.3. The van der Waals surface area contributed by atoms with E-state index in [0.717, 1.165) is 28.4 Å². The van der Waals surface area contributed by atoms with E-state index in [-0.39, 0.29) is 0 Å². The number of thiazole rings is 1. The van der Waals surface area contributed by atoms with Crippen molar-refractivity contribution in [1.29, 1.82) is 0 Å². The highest BCUT2D eigenvalue weighted by Gasteiger charge is 2.40. The van der Waals surface area contributed by atoms with Gasteiger partial charge in [0.2, 0.25) is 0 Å². The van der Waals surface area contributed by atoms with E-state index in [1.165, 1.54) is 16.9 Å². The predicted octanol–water partition coefficient (Wildman–Crippen LogP) is 2.92. The summed E-state index contributed by atoms with van der Waals surface area (Å²) >= 11 is 3.23. The SMILES string of the molecule is NC1(c2nccs2)NNc2c(OCCc3ccsc3)cccc21. The minimum Gasteiger partial charge on any atom is -0.491 e. The Morgan fingerprint density at radius 3 is 3.00 bits per heavy atom. The first-order valence-corrected chi connectivity index (χ1v) is 9.09. The Kier molecular flexibility index (Phi) is 3.78. The number of nitrogens with two attached hydrogens (primary N) is 1. The average molecular weight is 344 g/mol. The molecule has 23 heavy (non-hydrogen) atoms. The highest BCUT2D eigenvalue weighted by Crippen LogP contribution is 2.40. The van der Waals surface area contributed by atoms with Crippen molar-refractivity contribution < 1.29 is 4.74 Å². The Bertz CT molecular complexity index is 789. The average Bonchev–Trinajstić information content (AvgIpc) is 3.29. The largest absolute Gasteiger partial charge is 0.491 e. The van der Waals surface area contributed by atoms with Gasteiger partial charge in [0.1, 0.15) is 10.8 Å². The quantitative estimate of drug-likeness (QED) is 0.664. The summed E-state index contributed by atoms with van der Waals surface area (Å²) in [4.78, 5) is 4.35. The second kappa shape index (κ2) is 5.93. The van der Waals surface area contributed by atoms with Gasteiger partial charge in [-0.15, -0.1) is 11.3 Å². The van der Waals surface area contributed by atoms with Gasteiger partial charge in [-0.1, -0.05) is 12.1 Å². The molecule has 0 bridgehead atoms. The number of rotatable bonds is 5. The standard InChI is InChI=1S/C16H16N4OS2/c17-16(15-18-6-9-23-15)12-2-1-3-13(14(12)19-20-16)21-7-4-11-5-8-22-10-11/h1-3,5-6,8-10,19-20H,4,7,17H2. The minimum atomic E-state index is -0.823. The lowest BCUT2D eigenvalue weighted by Crippen LogP contribution is -2.48. The van der Waals surface area contributed by atoms with Crippen LogP contribution in [-0.4, -0.2) is 11.6 Å². The molecule has 118 valence electrons. The molecule has 0 aliphatic carbocycles. The molecule has 4 rings (SSSR count). The first-order valence-electron chi connectivity index (χ1n) is 7.27. The van der Waals surface area contributed by atoms with E-state index in [1.54, 1.807) is 17.5 Å². The number of fused-ring (bicyclic) bond motifs is 1. The number of benzene rings is 1. The topological polar surface area (TPSA) is 72.2 Å². The van der Waals surface area contributed by atoms with Gasteiger partial charge in [-0.3, -0.25) is 0 Å². The van der Waals surface area contributed by atoms with Crippen LogP contribution < -0.4 is 21.3 Å². The molecule has 0 amide bonds. The molecule has 1 aromatic carbocycles. The number of thiophene rings is 1. The summed E-state index contributed by atoms with van der Waals surface area (Å²) in [5.74, 6) is 0.800. The minimum absolute atomic E-state index is 0.629. The molecular formula is C16H16N4OS2. The zero-order chi connectivity index (χ0) is 15.7. The number of hydrogen-bond donors (Lipinski definition) is 3. The van der Waals surface area contributed by atoms with Crippen LogP contribution in [0.3, 0.4) is 0 Å².